The molecule has 0 heterocycles. The summed E-state index contributed by atoms with van der Waals surface area (Å²) in [7, 11) is 0. The van der Waals surface area contributed by atoms with Crippen molar-refractivity contribution < 1.29 is 5.11 Å². The minimum atomic E-state index is -0.315. The number of allylic oxidation sites excluding steroid dienone is 6. The molecule has 6 unspecified atom stereocenters. The number of aliphatic hydroxyl groups is 1. The van der Waals surface area contributed by atoms with Gasteiger partial charge >= 0.3 is 0 Å². The van der Waals surface area contributed by atoms with Crippen LogP contribution in [0.5, 0.6) is 0 Å². The highest BCUT2D eigenvalue weighted by atomic mass is 16.3. The van der Waals surface area contributed by atoms with Crippen molar-refractivity contribution >= 4 is 0 Å². The van der Waals surface area contributed by atoms with E-state index in [1.807, 2.05) is 0 Å². The highest BCUT2D eigenvalue weighted by molar-refractivity contribution is 5.11. The molecule has 7 atom stereocenters. The fourth-order valence-electron chi connectivity index (χ4n) is 8.57. The quantitative estimate of drug-likeness (QED) is 0.0608. The van der Waals surface area contributed by atoms with Crippen LogP contribution in [0.4, 0.5) is 0 Å². The maximum atomic E-state index is 10.8. The smallest absolute Gasteiger partial charge is 0.0652 e. The molecule has 49 heavy (non-hydrogen) atoms. The summed E-state index contributed by atoms with van der Waals surface area (Å²) in [6, 6.07) is 0.481. The van der Waals surface area contributed by atoms with E-state index >= 15 is 0 Å². The Morgan fingerprint density at radius 1 is 0.898 bits per heavy atom. The van der Waals surface area contributed by atoms with Crippen LogP contribution in [-0.2, 0) is 0 Å². The molecule has 1 rings (SSSR count). The van der Waals surface area contributed by atoms with E-state index in [4.69, 9.17) is 0 Å². The molecule has 1 saturated carbocycles. The third kappa shape index (κ3) is 19.9. The van der Waals surface area contributed by atoms with E-state index in [1.54, 1.807) is 5.57 Å². The standard InChI is InChI=1S/C47H87NO/c1-11-16-27-46(22-13-3)48-47(37-49,32-17-12-2)42(10)35-43(14-4)24-20-18-19-23-38(6)28-29-39(7)30-31-40(8)33-41(9)34-45-26-21-25-44(15-5)36-45/h17,28,32,34,40,42-46,48-49H,7,11-16,18-27,29-31,33,35-37H2,1-6,8-10H3/b32-17?,38-28+,41-34+/t40-,42?,43?,44?,45?,46?,47?/m1/s1. The predicted octanol–water partition coefficient (Wildman–Crippen LogP) is 14.5. The van der Waals surface area contributed by atoms with E-state index in [0.29, 0.717) is 12.0 Å². The third-order valence-electron chi connectivity index (χ3n) is 12.1. The Hall–Kier alpha value is -1.12. The van der Waals surface area contributed by atoms with Gasteiger partial charge in [-0.2, -0.15) is 0 Å². The fraction of sp³-hybridized carbons (Fsp3) is 0.830. The second-order valence-corrected chi connectivity index (χ2v) is 16.9. The van der Waals surface area contributed by atoms with Crippen LogP contribution < -0.4 is 5.32 Å². The first-order chi connectivity index (χ1) is 23.6. The van der Waals surface area contributed by atoms with Gasteiger partial charge in [-0.15, -0.1) is 0 Å². The Bertz CT molecular complexity index is 928. The zero-order valence-electron chi connectivity index (χ0n) is 34.7. The van der Waals surface area contributed by atoms with E-state index in [1.165, 1.54) is 133 Å². The van der Waals surface area contributed by atoms with Crippen molar-refractivity contribution in [1.29, 1.82) is 0 Å². The molecule has 0 aromatic rings. The molecule has 0 amide bonds. The van der Waals surface area contributed by atoms with Crippen molar-refractivity contribution in [3.05, 3.63) is 47.6 Å². The molecule has 2 N–H and O–H groups in total. The monoisotopic (exact) mass is 682 g/mol. The highest BCUT2D eigenvalue weighted by Crippen LogP contribution is 2.34. The average Bonchev–Trinajstić information content (AvgIpc) is 3.09. The SMILES string of the molecule is C=C(C/C=C(\C)CCCCCC(CC)CC(C)C(C=CCC)(CO)NC(CCC)CCCC)CC[C@@H](C)C/C(C)=C/C1CCCC(CC)C1. The molecule has 2 nitrogen and oxygen atoms in total. The van der Waals surface area contributed by atoms with Gasteiger partial charge in [-0.05, 0) is 120 Å². The van der Waals surface area contributed by atoms with Crippen LogP contribution in [-0.4, -0.2) is 23.3 Å². The molecule has 286 valence electrons. The van der Waals surface area contributed by atoms with Crippen LogP contribution in [0.2, 0.25) is 0 Å². The number of rotatable bonds is 29. The lowest BCUT2D eigenvalue weighted by Gasteiger charge is -2.41. The zero-order chi connectivity index (χ0) is 36.5. The molecule has 0 aromatic carbocycles. The van der Waals surface area contributed by atoms with Crippen molar-refractivity contribution in [3.8, 4) is 0 Å². The summed E-state index contributed by atoms with van der Waals surface area (Å²) in [6.07, 6.45) is 37.4. The van der Waals surface area contributed by atoms with Gasteiger partial charge in [0.25, 0.3) is 0 Å². The molecule has 0 spiro atoms. The number of nitrogens with one attached hydrogen (secondary N) is 1. The Balaban J connectivity index is 2.46. The van der Waals surface area contributed by atoms with E-state index in [9.17, 15) is 5.11 Å². The lowest BCUT2D eigenvalue weighted by Crippen LogP contribution is -2.56. The van der Waals surface area contributed by atoms with Crippen LogP contribution in [0.25, 0.3) is 0 Å². The van der Waals surface area contributed by atoms with Gasteiger partial charge in [0.15, 0.2) is 0 Å². The summed E-state index contributed by atoms with van der Waals surface area (Å²) in [5.74, 6) is 3.66. The van der Waals surface area contributed by atoms with Crippen LogP contribution in [0.1, 0.15) is 204 Å². The minimum absolute atomic E-state index is 0.182. The summed E-state index contributed by atoms with van der Waals surface area (Å²) in [5, 5.41) is 14.8. The van der Waals surface area contributed by atoms with Gasteiger partial charge in [0.2, 0.25) is 0 Å². The van der Waals surface area contributed by atoms with E-state index in [0.717, 1.165) is 42.9 Å². The maximum absolute atomic E-state index is 10.8. The topological polar surface area (TPSA) is 32.3 Å². The minimum Gasteiger partial charge on any atom is -0.394 e. The van der Waals surface area contributed by atoms with Gasteiger partial charge in [0.05, 0.1) is 12.1 Å². The van der Waals surface area contributed by atoms with Crippen LogP contribution in [0.15, 0.2) is 47.6 Å². The molecular weight excluding hydrogens is 595 g/mol. The second-order valence-electron chi connectivity index (χ2n) is 16.9. The highest BCUT2D eigenvalue weighted by Gasteiger charge is 2.35. The van der Waals surface area contributed by atoms with Crippen LogP contribution >= 0.6 is 0 Å². The lowest BCUT2D eigenvalue weighted by atomic mass is 9.76. The zero-order valence-corrected chi connectivity index (χ0v) is 34.7. The normalized spacial score (nSPS) is 21.4. The largest absolute Gasteiger partial charge is 0.394 e. The fourth-order valence-corrected chi connectivity index (χ4v) is 8.57. The first-order valence-corrected chi connectivity index (χ1v) is 21.6. The molecule has 0 bridgehead atoms. The van der Waals surface area contributed by atoms with Gasteiger partial charge in [0, 0.05) is 6.04 Å². The Morgan fingerprint density at radius 2 is 1.67 bits per heavy atom. The predicted molar refractivity (Wildman–Crippen MR) is 221 cm³/mol. The number of hydrogen-bond acceptors (Lipinski definition) is 2. The van der Waals surface area contributed by atoms with Crippen molar-refractivity contribution in [2.75, 3.05) is 6.61 Å². The number of unbranched alkanes of at least 4 members (excludes halogenated alkanes) is 3. The lowest BCUT2D eigenvalue weighted by molar-refractivity contribution is 0.116. The third-order valence-corrected chi connectivity index (χ3v) is 12.1. The molecule has 2 heteroatoms. The summed E-state index contributed by atoms with van der Waals surface area (Å²) in [6.45, 7) is 25.7. The van der Waals surface area contributed by atoms with Crippen molar-refractivity contribution in [2.24, 2.45) is 29.6 Å². The molecule has 0 aromatic heterocycles. The van der Waals surface area contributed by atoms with Gasteiger partial charge in [-0.25, -0.2) is 0 Å². The summed E-state index contributed by atoms with van der Waals surface area (Å²) in [4.78, 5) is 0. The van der Waals surface area contributed by atoms with E-state index in [2.05, 4.69) is 98.5 Å². The first-order valence-electron chi connectivity index (χ1n) is 21.6. The van der Waals surface area contributed by atoms with Crippen molar-refractivity contribution in [2.45, 2.75) is 215 Å². The molecule has 1 aliphatic carbocycles. The van der Waals surface area contributed by atoms with Gasteiger partial charge in [-0.1, -0.05) is 160 Å². The van der Waals surface area contributed by atoms with Crippen LogP contribution in [0.3, 0.4) is 0 Å². The molecule has 0 saturated heterocycles. The molecule has 1 aliphatic rings. The first kappa shape index (κ1) is 45.9. The van der Waals surface area contributed by atoms with E-state index in [-0.39, 0.29) is 12.1 Å². The number of aliphatic hydroxyl groups excluding tert-OH is 1. The Kier molecular flexibility index (Phi) is 25.8. The summed E-state index contributed by atoms with van der Waals surface area (Å²) in [5.41, 5.74) is 4.25. The van der Waals surface area contributed by atoms with Crippen LogP contribution in [0, 0.1) is 29.6 Å². The molecule has 0 aliphatic heterocycles. The Morgan fingerprint density at radius 3 is 2.33 bits per heavy atom. The molecular formula is C47H87NO. The average molecular weight is 682 g/mol. The Labute approximate surface area is 308 Å². The van der Waals surface area contributed by atoms with Gasteiger partial charge in [0.1, 0.15) is 0 Å². The maximum Gasteiger partial charge on any atom is 0.0652 e. The van der Waals surface area contributed by atoms with Gasteiger partial charge in [-0.3, -0.25) is 0 Å². The summed E-state index contributed by atoms with van der Waals surface area (Å²) >= 11 is 0. The van der Waals surface area contributed by atoms with Gasteiger partial charge < -0.3 is 10.4 Å². The molecule has 1 fully saturated rings. The van der Waals surface area contributed by atoms with E-state index < -0.39 is 0 Å². The summed E-state index contributed by atoms with van der Waals surface area (Å²) < 4.78 is 0. The molecule has 0 radical (unpaired) electrons. The van der Waals surface area contributed by atoms with Crippen molar-refractivity contribution in [3.63, 3.8) is 0 Å². The van der Waals surface area contributed by atoms with Crippen molar-refractivity contribution in [1.82, 2.24) is 5.32 Å². The second kappa shape index (κ2) is 27.5. The number of hydrogen-bond donors (Lipinski definition) is 2.